The Kier molecular flexibility index (Phi) is 4.52. The van der Waals surface area contributed by atoms with E-state index in [4.69, 9.17) is 8.42 Å². The molecule has 0 fully saturated rings. The summed E-state index contributed by atoms with van der Waals surface area (Å²) in [7, 11) is -5.12. The smallest absolute Gasteiger partial charge is 0.358 e. The number of hydrogen-bond acceptors (Lipinski definition) is 5. The van der Waals surface area contributed by atoms with Crippen molar-refractivity contribution in [3.05, 3.63) is 42.5 Å². The Morgan fingerprint density at radius 2 is 1.59 bits per heavy atom. The molecule has 2 aromatic carbocycles. The van der Waals surface area contributed by atoms with E-state index in [-0.39, 0.29) is 11.3 Å². The van der Waals surface area contributed by atoms with Gasteiger partial charge >= 0.3 is 22.1 Å². The maximum absolute atomic E-state index is 14.1. The van der Waals surface area contributed by atoms with Gasteiger partial charge in [-0.25, -0.2) is 0 Å². The Balaban J connectivity index is 0.000000545. The van der Waals surface area contributed by atoms with E-state index in [0.29, 0.717) is 21.1 Å². The van der Waals surface area contributed by atoms with Crippen molar-refractivity contribution < 1.29 is 29.4 Å². The molecule has 116 valence electrons. The van der Waals surface area contributed by atoms with Crippen molar-refractivity contribution in [3.8, 4) is 5.75 Å². The van der Waals surface area contributed by atoms with Gasteiger partial charge in [0.05, 0.1) is 11.0 Å². The van der Waals surface area contributed by atoms with Crippen LogP contribution in [0.2, 0.25) is 0 Å². The lowest BCUT2D eigenvalue weighted by Crippen LogP contribution is -2.00. The fourth-order valence-corrected chi connectivity index (χ4v) is 2.40. The number of hydrogen-bond donors (Lipinski definition) is 0. The molecule has 0 aliphatic heterocycles. The minimum atomic E-state index is -5.12. The number of halogens is 2. The second kappa shape index (κ2) is 6.20. The fraction of sp³-hybridized carbons (Fsp3) is 0. The second-order valence-electron chi connectivity index (χ2n) is 4.02. The zero-order chi connectivity index (χ0) is 16.3. The van der Waals surface area contributed by atoms with Crippen LogP contribution in [-0.4, -0.2) is 21.6 Å². The van der Waals surface area contributed by atoms with Crippen molar-refractivity contribution in [2.75, 3.05) is 0 Å². The van der Waals surface area contributed by atoms with Crippen molar-refractivity contribution in [2.24, 2.45) is 0 Å². The maximum Gasteiger partial charge on any atom is 0.488 e. The van der Waals surface area contributed by atoms with Gasteiger partial charge in [0.1, 0.15) is 5.75 Å². The zero-order valence-corrected chi connectivity index (χ0v) is 12.2. The summed E-state index contributed by atoms with van der Waals surface area (Å²) in [5, 5.41) is 1.26. The lowest BCUT2D eigenvalue weighted by molar-refractivity contribution is 0.404. The van der Waals surface area contributed by atoms with Gasteiger partial charge in [0.15, 0.2) is 0 Å². The summed E-state index contributed by atoms with van der Waals surface area (Å²) in [6.45, 7) is 0. The van der Waals surface area contributed by atoms with Gasteiger partial charge in [0.25, 0.3) is 0 Å². The summed E-state index contributed by atoms with van der Waals surface area (Å²) < 4.78 is 68.0. The lowest BCUT2D eigenvalue weighted by Gasteiger charge is -2.00. The summed E-state index contributed by atoms with van der Waals surface area (Å²) in [5.74, 6) is -0.281. The first kappa shape index (κ1) is 16.0. The number of aromatic nitrogens is 1. The normalized spacial score (nSPS) is 11.0. The highest BCUT2D eigenvalue weighted by molar-refractivity contribution is 7.81. The third-order valence-electron chi connectivity index (χ3n) is 2.78. The van der Waals surface area contributed by atoms with E-state index >= 15 is 0 Å². The quantitative estimate of drug-likeness (QED) is 0.665. The predicted octanol–water partition coefficient (Wildman–Crippen LogP) is 2.45. The Labute approximate surface area is 126 Å². The van der Waals surface area contributed by atoms with Crippen LogP contribution in [0.25, 0.3) is 21.8 Å². The van der Waals surface area contributed by atoms with Gasteiger partial charge in [-0.3, -0.25) is 0 Å². The summed E-state index contributed by atoms with van der Waals surface area (Å²) in [6, 6.07) is 10.6. The molecule has 3 rings (SSSR count). The number of benzene rings is 2. The summed E-state index contributed by atoms with van der Waals surface area (Å²) in [4.78, 5) is 0.405. The molecule has 22 heavy (non-hydrogen) atoms. The lowest BCUT2D eigenvalue weighted by atomic mass is 10.1. The van der Waals surface area contributed by atoms with Crippen LogP contribution in [0.15, 0.2) is 42.5 Å². The molecule has 0 bridgehead atoms. The Morgan fingerprint density at radius 3 is 2.23 bits per heavy atom. The first-order valence-corrected chi connectivity index (χ1v) is 7.60. The van der Waals surface area contributed by atoms with Crippen LogP contribution >= 0.6 is 0 Å². The monoisotopic (exact) mass is 347 g/mol. The van der Waals surface area contributed by atoms with Crippen LogP contribution in [0, 0.1) is 0 Å². The molecule has 1 heterocycles. The molecule has 6 nitrogen and oxygen atoms in total. The average molecular weight is 347 g/mol. The van der Waals surface area contributed by atoms with Crippen molar-refractivity contribution in [1.82, 2.24) is 4.79 Å². The Bertz CT molecular complexity index is 978. The van der Waals surface area contributed by atoms with Crippen LogP contribution < -0.4 is 4.18 Å². The summed E-state index contributed by atoms with van der Waals surface area (Å²) >= 11 is -0.750. The van der Waals surface area contributed by atoms with E-state index in [1.807, 2.05) is 0 Å². The molecule has 0 radical (unpaired) electrons. The highest BCUT2D eigenvalue weighted by Gasteiger charge is 2.14. The van der Waals surface area contributed by atoms with E-state index in [9.17, 15) is 16.8 Å². The molecular weight excluding hydrogens is 340 g/mol. The largest absolute Gasteiger partial charge is 0.488 e. The topological polar surface area (TPSA) is 82.4 Å². The van der Waals surface area contributed by atoms with E-state index in [1.165, 1.54) is 12.1 Å². The molecule has 0 aliphatic rings. The van der Waals surface area contributed by atoms with Crippen LogP contribution in [0.3, 0.4) is 0 Å². The molecule has 0 spiro atoms. The van der Waals surface area contributed by atoms with Gasteiger partial charge in [-0.1, -0.05) is 26.6 Å². The Morgan fingerprint density at radius 1 is 1.00 bits per heavy atom. The molecule has 0 N–H and O–H groups in total. The molecule has 0 atom stereocenters. The third kappa shape index (κ3) is 3.28. The van der Waals surface area contributed by atoms with Gasteiger partial charge in [-0.15, -0.1) is 0 Å². The second-order valence-corrected chi connectivity index (χ2v) is 5.11. The van der Waals surface area contributed by atoms with E-state index in [2.05, 4.69) is 4.18 Å². The summed E-state index contributed by atoms with van der Waals surface area (Å²) in [5.41, 5.74) is 0.458. The first-order chi connectivity index (χ1) is 10.4. The number of para-hydroxylation sites is 1. The molecule has 0 saturated heterocycles. The van der Waals surface area contributed by atoms with Gasteiger partial charge in [-0.05, 0) is 18.2 Å². The van der Waals surface area contributed by atoms with Gasteiger partial charge in [-0.2, -0.15) is 21.6 Å². The van der Waals surface area contributed by atoms with Crippen LogP contribution in [-0.2, 0) is 22.1 Å². The van der Waals surface area contributed by atoms with Crippen molar-refractivity contribution in [2.45, 2.75) is 0 Å². The third-order valence-corrected chi connectivity index (χ3v) is 3.17. The maximum atomic E-state index is 14.1. The minimum Gasteiger partial charge on any atom is -0.358 e. The molecule has 0 amide bonds. The molecule has 0 unspecified atom stereocenters. The summed E-state index contributed by atoms with van der Waals surface area (Å²) in [6.07, 6.45) is 0. The highest BCUT2D eigenvalue weighted by atomic mass is 32.3. The molecule has 1 aromatic heterocycles. The van der Waals surface area contributed by atoms with E-state index in [1.54, 1.807) is 24.3 Å². The van der Waals surface area contributed by atoms with Gasteiger partial charge in [0, 0.05) is 16.8 Å². The Hall–Kier alpha value is -2.33. The van der Waals surface area contributed by atoms with Gasteiger partial charge < -0.3 is 4.18 Å². The average Bonchev–Trinajstić information content (AvgIpc) is 2.72. The van der Waals surface area contributed by atoms with E-state index < -0.39 is 22.1 Å². The number of rotatable bonds is 2. The number of fused-ring (bicyclic) bond motifs is 3. The zero-order valence-electron chi connectivity index (χ0n) is 10.6. The molecule has 0 saturated carbocycles. The predicted molar refractivity (Wildman–Crippen MR) is 75.5 cm³/mol. The van der Waals surface area contributed by atoms with Crippen molar-refractivity contribution in [1.29, 1.82) is 0 Å². The molecular formula is C12H7F2NO5S2. The minimum absolute atomic E-state index is 0.113. The van der Waals surface area contributed by atoms with Crippen molar-refractivity contribution in [3.63, 3.8) is 0 Å². The molecule has 3 aromatic rings. The van der Waals surface area contributed by atoms with Crippen LogP contribution in [0.1, 0.15) is 0 Å². The highest BCUT2D eigenvalue weighted by Crippen LogP contribution is 2.31. The van der Waals surface area contributed by atoms with E-state index in [0.717, 1.165) is 6.07 Å². The van der Waals surface area contributed by atoms with Crippen LogP contribution in [0.5, 0.6) is 5.75 Å². The SMILES string of the molecule is O=S(=O)(F)Oc1ccc2c3ccccc3n(F)c2c1.O=S=O. The van der Waals surface area contributed by atoms with Crippen molar-refractivity contribution >= 4 is 43.9 Å². The molecule has 10 heteroatoms. The standard InChI is InChI=1S/C12H7F2NO3S.O2S/c13-15-11-4-2-1-3-9(11)10-6-5-8(7-12(10)15)18-19(14,16)17;1-3-2/h1-7H;. The van der Waals surface area contributed by atoms with Gasteiger partial charge in [0.2, 0.25) is 0 Å². The first-order valence-electron chi connectivity index (χ1n) is 5.62. The van der Waals surface area contributed by atoms with Crippen LogP contribution in [0.4, 0.5) is 8.37 Å². The number of nitrogens with zero attached hydrogens (tertiary/aromatic N) is 1. The molecule has 0 aliphatic carbocycles. The fourth-order valence-electron chi connectivity index (χ4n) is 2.07.